The van der Waals surface area contributed by atoms with Crippen LogP contribution in [0.4, 0.5) is 5.69 Å². The van der Waals surface area contributed by atoms with Crippen LogP contribution in [0.15, 0.2) is 24.3 Å². The maximum absolute atomic E-state index is 12.1. The Morgan fingerprint density at radius 2 is 2.10 bits per heavy atom. The maximum atomic E-state index is 12.1. The van der Waals surface area contributed by atoms with Gasteiger partial charge in [-0.3, -0.25) is 9.69 Å². The number of anilines is 1. The number of nitrogens with one attached hydrogen (secondary N) is 1. The molecule has 1 amide bonds. The van der Waals surface area contributed by atoms with Crippen molar-refractivity contribution in [2.75, 3.05) is 25.0 Å². The molecule has 1 unspecified atom stereocenters. The van der Waals surface area contributed by atoms with E-state index in [1.807, 2.05) is 31.2 Å². The van der Waals surface area contributed by atoms with Crippen LogP contribution in [0.5, 0.6) is 5.75 Å². The van der Waals surface area contributed by atoms with Crippen LogP contribution in [0.3, 0.4) is 0 Å². The third-order valence-corrected chi connectivity index (χ3v) is 3.74. The van der Waals surface area contributed by atoms with Gasteiger partial charge in [0, 0.05) is 11.7 Å². The first kappa shape index (κ1) is 14.9. The van der Waals surface area contributed by atoms with Gasteiger partial charge in [-0.25, -0.2) is 0 Å². The highest BCUT2D eigenvalue weighted by atomic mass is 16.5. The molecule has 1 aromatic carbocycles. The average molecular weight is 276 g/mol. The Bertz CT molecular complexity index is 431. The van der Waals surface area contributed by atoms with E-state index in [4.69, 9.17) is 4.74 Å². The molecule has 0 radical (unpaired) electrons. The number of ether oxygens (including phenoxy) is 1. The van der Waals surface area contributed by atoms with Gasteiger partial charge in [0.25, 0.3) is 0 Å². The van der Waals surface area contributed by atoms with Gasteiger partial charge in [-0.15, -0.1) is 0 Å². The number of piperidine rings is 1. The largest absolute Gasteiger partial charge is 0.494 e. The summed E-state index contributed by atoms with van der Waals surface area (Å²) in [5.41, 5.74) is 0.822. The summed E-state index contributed by atoms with van der Waals surface area (Å²) < 4.78 is 5.38. The summed E-state index contributed by atoms with van der Waals surface area (Å²) >= 11 is 0. The van der Waals surface area contributed by atoms with Crippen LogP contribution in [0.2, 0.25) is 0 Å². The zero-order valence-corrected chi connectivity index (χ0v) is 12.4. The second-order valence-electron chi connectivity index (χ2n) is 5.32. The second kappa shape index (κ2) is 7.29. The van der Waals surface area contributed by atoms with Crippen molar-refractivity contribution in [3.8, 4) is 5.75 Å². The number of benzene rings is 1. The molecule has 2 rings (SSSR count). The molecule has 0 spiro atoms. The summed E-state index contributed by atoms with van der Waals surface area (Å²) in [6, 6.07) is 8.02. The van der Waals surface area contributed by atoms with E-state index in [1.54, 1.807) is 0 Å². The molecule has 20 heavy (non-hydrogen) atoms. The van der Waals surface area contributed by atoms with Crippen molar-refractivity contribution in [1.82, 2.24) is 4.90 Å². The lowest BCUT2D eigenvalue weighted by molar-refractivity contribution is -0.118. The molecule has 110 valence electrons. The third kappa shape index (κ3) is 4.23. The minimum Gasteiger partial charge on any atom is -0.494 e. The van der Waals surface area contributed by atoms with Crippen LogP contribution in [-0.4, -0.2) is 36.5 Å². The quantitative estimate of drug-likeness (QED) is 0.899. The number of rotatable bonds is 5. The zero-order valence-electron chi connectivity index (χ0n) is 12.4. The Kier molecular flexibility index (Phi) is 5.41. The highest BCUT2D eigenvalue weighted by Crippen LogP contribution is 2.17. The molecular weight excluding hydrogens is 252 g/mol. The van der Waals surface area contributed by atoms with E-state index in [9.17, 15) is 4.79 Å². The van der Waals surface area contributed by atoms with E-state index >= 15 is 0 Å². The smallest absolute Gasteiger partial charge is 0.238 e. The Labute approximate surface area is 121 Å². The van der Waals surface area contributed by atoms with Gasteiger partial charge in [-0.05, 0) is 57.5 Å². The van der Waals surface area contributed by atoms with Crippen LogP contribution in [0.25, 0.3) is 0 Å². The van der Waals surface area contributed by atoms with Gasteiger partial charge < -0.3 is 10.1 Å². The number of carbonyl (C=O) groups excluding carboxylic acids is 1. The van der Waals surface area contributed by atoms with Crippen LogP contribution in [0, 0.1) is 0 Å². The Morgan fingerprint density at radius 1 is 1.35 bits per heavy atom. The number of hydrogen-bond acceptors (Lipinski definition) is 3. The third-order valence-electron chi connectivity index (χ3n) is 3.74. The number of hydrogen-bond donors (Lipinski definition) is 1. The monoisotopic (exact) mass is 276 g/mol. The summed E-state index contributed by atoms with van der Waals surface area (Å²) in [5.74, 6) is 0.887. The van der Waals surface area contributed by atoms with Crippen molar-refractivity contribution in [3.63, 3.8) is 0 Å². The van der Waals surface area contributed by atoms with Crippen LogP contribution >= 0.6 is 0 Å². The zero-order chi connectivity index (χ0) is 14.4. The van der Waals surface area contributed by atoms with Gasteiger partial charge in [-0.1, -0.05) is 6.42 Å². The SMILES string of the molecule is CCOc1ccc(NC(=O)CN2CCCCC2C)cc1. The van der Waals surface area contributed by atoms with E-state index < -0.39 is 0 Å². The molecule has 1 saturated heterocycles. The summed E-state index contributed by atoms with van der Waals surface area (Å²) in [5, 5.41) is 2.94. The Balaban J connectivity index is 1.84. The van der Waals surface area contributed by atoms with E-state index in [2.05, 4.69) is 17.1 Å². The number of amides is 1. The van der Waals surface area contributed by atoms with Crippen molar-refractivity contribution in [3.05, 3.63) is 24.3 Å². The average Bonchev–Trinajstić information content (AvgIpc) is 2.44. The fourth-order valence-corrected chi connectivity index (χ4v) is 2.58. The lowest BCUT2D eigenvalue weighted by Crippen LogP contribution is -2.42. The van der Waals surface area contributed by atoms with Crippen molar-refractivity contribution in [2.24, 2.45) is 0 Å². The maximum Gasteiger partial charge on any atom is 0.238 e. The predicted octanol–water partition coefficient (Wildman–Crippen LogP) is 2.90. The van der Waals surface area contributed by atoms with E-state index in [0.717, 1.165) is 18.0 Å². The molecule has 4 nitrogen and oxygen atoms in total. The molecule has 0 aromatic heterocycles. The summed E-state index contributed by atoms with van der Waals surface area (Å²) in [7, 11) is 0. The van der Waals surface area contributed by atoms with Crippen molar-refractivity contribution >= 4 is 11.6 Å². The number of likely N-dealkylation sites (tertiary alicyclic amines) is 1. The molecule has 1 aliphatic rings. The molecule has 1 aliphatic heterocycles. The topological polar surface area (TPSA) is 41.6 Å². The molecule has 1 heterocycles. The second-order valence-corrected chi connectivity index (χ2v) is 5.32. The first-order chi connectivity index (χ1) is 9.69. The van der Waals surface area contributed by atoms with Crippen molar-refractivity contribution in [2.45, 2.75) is 39.2 Å². The van der Waals surface area contributed by atoms with Crippen LogP contribution < -0.4 is 10.1 Å². The molecule has 1 atom stereocenters. The van der Waals surface area contributed by atoms with E-state index in [-0.39, 0.29) is 5.91 Å². The van der Waals surface area contributed by atoms with Crippen LogP contribution in [-0.2, 0) is 4.79 Å². The number of nitrogens with zero attached hydrogens (tertiary/aromatic N) is 1. The lowest BCUT2D eigenvalue weighted by atomic mass is 10.0. The normalized spacial score (nSPS) is 19.6. The molecule has 1 aromatic rings. The number of carbonyl (C=O) groups is 1. The van der Waals surface area contributed by atoms with Crippen molar-refractivity contribution in [1.29, 1.82) is 0 Å². The Morgan fingerprint density at radius 3 is 2.75 bits per heavy atom. The molecule has 0 bridgehead atoms. The molecule has 4 heteroatoms. The fourth-order valence-electron chi connectivity index (χ4n) is 2.58. The van der Waals surface area contributed by atoms with Gasteiger partial charge in [0.1, 0.15) is 5.75 Å². The predicted molar refractivity (Wildman–Crippen MR) is 81.1 cm³/mol. The summed E-state index contributed by atoms with van der Waals surface area (Å²) in [6.07, 6.45) is 3.66. The molecule has 1 N–H and O–H groups in total. The Hall–Kier alpha value is -1.55. The first-order valence-corrected chi connectivity index (χ1v) is 7.46. The van der Waals surface area contributed by atoms with E-state index in [1.165, 1.54) is 19.3 Å². The fraction of sp³-hybridized carbons (Fsp3) is 0.562. The van der Waals surface area contributed by atoms with Gasteiger partial charge in [0.05, 0.1) is 13.2 Å². The van der Waals surface area contributed by atoms with Crippen LogP contribution in [0.1, 0.15) is 33.1 Å². The molecule has 1 fully saturated rings. The summed E-state index contributed by atoms with van der Waals surface area (Å²) in [6.45, 7) is 6.31. The molecule has 0 saturated carbocycles. The van der Waals surface area contributed by atoms with E-state index in [0.29, 0.717) is 19.2 Å². The van der Waals surface area contributed by atoms with Gasteiger partial charge in [-0.2, -0.15) is 0 Å². The minimum absolute atomic E-state index is 0.0582. The molecular formula is C16H24N2O2. The highest BCUT2D eigenvalue weighted by Gasteiger charge is 2.20. The van der Waals surface area contributed by atoms with Crippen molar-refractivity contribution < 1.29 is 9.53 Å². The first-order valence-electron chi connectivity index (χ1n) is 7.46. The van der Waals surface area contributed by atoms with Gasteiger partial charge in [0.2, 0.25) is 5.91 Å². The standard InChI is InChI=1S/C16H24N2O2/c1-3-20-15-9-7-14(8-10-15)17-16(19)12-18-11-5-4-6-13(18)2/h7-10,13H,3-6,11-12H2,1-2H3,(H,17,19). The van der Waals surface area contributed by atoms with Gasteiger partial charge >= 0.3 is 0 Å². The minimum atomic E-state index is 0.0582. The van der Waals surface area contributed by atoms with Gasteiger partial charge in [0.15, 0.2) is 0 Å². The summed E-state index contributed by atoms with van der Waals surface area (Å²) in [4.78, 5) is 14.3. The molecule has 0 aliphatic carbocycles. The lowest BCUT2D eigenvalue weighted by Gasteiger charge is -2.32. The highest BCUT2D eigenvalue weighted by molar-refractivity contribution is 5.92.